The molecule has 30 heavy (non-hydrogen) atoms. The van der Waals surface area contributed by atoms with E-state index < -0.39 is 23.9 Å². The maximum atomic E-state index is 13.3. The molecule has 1 fully saturated rings. The predicted molar refractivity (Wildman–Crippen MR) is 111 cm³/mol. The fourth-order valence-corrected chi connectivity index (χ4v) is 3.83. The Balaban J connectivity index is 1.62. The first kappa shape index (κ1) is 21.5. The van der Waals surface area contributed by atoms with Gasteiger partial charge in [-0.15, -0.1) is 0 Å². The smallest absolute Gasteiger partial charge is 0.317 e. The third-order valence-electron chi connectivity index (χ3n) is 5.32. The number of hydrogen-bond donors (Lipinski definition) is 2. The van der Waals surface area contributed by atoms with Crippen LogP contribution < -0.4 is 10.6 Å². The van der Waals surface area contributed by atoms with Crippen LogP contribution in [0.15, 0.2) is 48.5 Å². The van der Waals surface area contributed by atoms with Gasteiger partial charge in [0.25, 0.3) is 11.8 Å². The number of nitrogens with one attached hydrogen (secondary N) is 2. The Morgan fingerprint density at radius 2 is 1.77 bits per heavy atom. The van der Waals surface area contributed by atoms with Gasteiger partial charge >= 0.3 is 5.97 Å². The average Bonchev–Trinajstić information content (AvgIpc) is 3.24. The van der Waals surface area contributed by atoms with Crippen LogP contribution in [0.4, 0.5) is 10.1 Å². The molecule has 1 aliphatic carbocycles. The third-order valence-corrected chi connectivity index (χ3v) is 5.32. The molecule has 0 atom stereocenters. The maximum Gasteiger partial charge on any atom is 0.317 e. The lowest BCUT2D eigenvalue weighted by molar-refractivity contribution is -0.153. The van der Waals surface area contributed by atoms with Crippen LogP contribution in [-0.4, -0.2) is 30.9 Å². The van der Waals surface area contributed by atoms with E-state index in [4.69, 9.17) is 4.74 Å². The van der Waals surface area contributed by atoms with Gasteiger partial charge in [-0.25, -0.2) is 4.39 Å². The summed E-state index contributed by atoms with van der Waals surface area (Å²) in [4.78, 5) is 37.1. The highest BCUT2D eigenvalue weighted by Gasteiger charge is 2.44. The van der Waals surface area contributed by atoms with Gasteiger partial charge in [-0.3, -0.25) is 14.4 Å². The SMILES string of the molecule is CCNC(=O)c1cccc(NC(=O)COC(=O)C2(c3ccc(F)cc3)CCCC2)c1. The molecule has 3 rings (SSSR count). The highest BCUT2D eigenvalue weighted by Crippen LogP contribution is 2.42. The molecule has 1 saturated carbocycles. The second-order valence-corrected chi connectivity index (χ2v) is 7.36. The molecule has 0 aromatic heterocycles. The van der Waals surface area contributed by atoms with Gasteiger partial charge in [0.2, 0.25) is 0 Å². The molecule has 0 radical (unpaired) electrons. The Morgan fingerprint density at radius 3 is 2.43 bits per heavy atom. The van der Waals surface area contributed by atoms with Crippen molar-refractivity contribution in [2.24, 2.45) is 0 Å². The van der Waals surface area contributed by atoms with Crippen molar-refractivity contribution in [2.45, 2.75) is 38.0 Å². The summed E-state index contributed by atoms with van der Waals surface area (Å²) in [6.07, 6.45) is 2.94. The Labute approximate surface area is 174 Å². The maximum absolute atomic E-state index is 13.3. The molecule has 6 nitrogen and oxygen atoms in total. The number of carbonyl (C=O) groups excluding carboxylic acids is 3. The molecule has 158 valence electrons. The van der Waals surface area contributed by atoms with E-state index in [9.17, 15) is 18.8 Å². The molecule has 0 saturated heterocycles. The molecular weight excluding hydrogens is 387 g/mol. The van der Waals surface area contributed by atoms with Crippen molar-refractivity contribution in [2.75, 3.05) is 18.5 Å². The first-order valence-corrected chi connectivity index (χ1v) is 10.1. The number of benzene rings is 2. The molecule has 2 N–H and O–H groups in total. The number of ether oxygens (including phenoxy) is 1. The number of hydrogen-bond acceptors (Lipinski definition) is 4. The average molecular weight is 412 g/mol. The van der Waals surface area contributed by atoms with E-state index in [1.165, 1.54) is 12.1 Å². The summed E-state index contributed by atoms with van der Waals surface area (Å²) in [6, 6.07) is 12.4. The number of halogens is 1. The largest absolute Gasteiger partial charge is 0.455 e. The minimum Gasteiger partial charge on any atom is -0.455 e. The fourth-order valence-electron chi connectivity index (χ4n) is 3.83. The van der Waals surface area contributed by atoms with Crippen LogP contribution in [0.25, 0.3) is 0 Å². The highest BCUT2D eigenvalue weighted by atomic mass is 19.1. The number of anilines is 1. The Hall–Kier alpha value is -3.22. The fraction of sp³-hybridized carbons (Fsp3) is 0.348. The predicted octanol–water partition coefficient (Wildman–Crippen LogP) is 3.57. The minimum absolute atomic E-state index is 0.234. The Kier molecular flexibility index (Phi) is 6.82. The lowest BCUT2D eigenvalue weighted by atomic mass is 9.79. The van der Waals surface area contributed by atoms with Gasteiger partial charge < -0.3 is 15.4 Å². The molecule has 0 aliphatic heterocycles. The van der Waals surface area contributed by atoms with Gasteiger partial charge in [-0.2, -0.15) is 0 Å². The van der Waals surface area contributed by atoms with Gasteiger partial charge in [0.15, 0.2) is 6.61 Å². The zero-order chi connectivity index (χ0) is 21.6. The molecule has 0 heterocycles. The quantitative estimate of drug-likeness (QED) is 0.681. The van der Waals surface area contributed by atoms with Gasteiger partial charge in [-0.1, -0.05) is 31.0 Å². The molecular formula is C23H25FN2O4. The summed E-state index contributed by atoms with van der Waals surface area (Å²) in [6.45, 7) is 1.88. The topological polar surface area (TPSA) is 84.5 Å². The van der Waals surface area contributed by atoms with Gasteiger partial charge in [-0.05, 0) is 55.7 Å². The number of carbonyl (C=O) groups is 3. The van der Waals surface area contributed by atoms with Crippen molar-refractivity contribution in [3.8, 4) is 0 Å². The molecule has 0 spiro atoms. The first-order valence-electron chi connectivity index (χ1n) is 10.1. The molecule has 1 aliphatic rings. The molecule has 2 aromatic rings. The third kappa shape index (κ3) is 4.84. The van der Waals surface area contributed by atoms with Crippen molar-refractivity contribution in [1.82, 2.24) is 5.32 Å². The minimum atomic E-state index is -0.841. The standard InChI is InChI=1S/C23H25FN2O4/c1-2-25-21(28)16-6-5-7-19(14-16)26-20(27)15-30-22(29)23(12-3-4-13-23)17-8-10-18(24)11-9-17/h5-11,14H,2-4,12-13,15H2,1H3,(H,25,28)(H,26,27). The van der Waals surface area contributed by atoms with E-state index in [2.05, 4.69) is 10.6 Å². The van der Waals surface area contributed by atoms with Crippen molar-refractivity contribution in [3.63, 3.8) is 0 Å². The van der Waals surface area contributed by atoms with Gasteiger partial charge in [0.1, 0.15) is 5.82 Å². The summed E-state index contributed by atoms with van der Waals surface area (Å²) in [5.74, 6) is -1.57. The van der Waals surface area contributed by atoms with Crippen molar-refractivity contribution in [3.05, 3.63) is 65.5 Å². The molecule has 0 bridgehead atoms. The van der Waals surface area contributed by atoms with Crippen molar-refractivity contribution >= 4 is 23.5 Å². The van der Waals surface area contributed by atoms with E-state index >= 15 is 0 Å². The Bertz CT molecular complexity index is 921. The molecule has 7 heteroatoms. The summed E-state index contributed by atoms with van der Waals surface area (Å²) in [5, 5.41) is 5.33. The van der Waals surface area contributed by atoms with Crippen LogP contribution in [0.3, 0.4) is 0 Å². The van der Waals surface area contributed by atoms with Crippen molar-refractivity contribution < 1.29 is 23.5 Å². The van der Waals surface area contributed by atoms with Gasteiger partial charge in [0, 0.05) is 17.8 Å². The first-order chi connectivity index (χ1) is 14.4. The number of rotatable bonds is 7. The second kappa shape index (κ2) is 9.52. The van der Waals surface area contributed by atoms with Crippen LogP contribution in [0, 0.1) is 5.82 Å². The monoisotopic (exact) mass is 412 g/mol. The second-order valence-electron chi connectivity index (χ2n) is 7.36. The molecule has 2 amide bonds. The highest BCUT2D eigenvalue weighted by molar-refractivity contribution is 5.98. The van der Waals surface area contributed by atoms with E-state index in [1.807, 2.05) is 6.92 Å². The van der Waals surface area contributed by atoms with E-state index in [0.717, 1.165) is 12.8 Å². The van der Waals surface area contributed by atoms with Crippen LogP contribution in [0.2, 0.25) is 0 Å². The number of amides is 2. The molecule has 0 unspecified atom stereocenters. The summed E-state index contributed by atoms with van der Waals surface area (Å²) < 4.78 is 18.6. The lowest BCUT2D eigenvalue weighted by Gasteiger charge is -2.27. The Morgan fingerprint density at radius 1 is 1.07 bits per heavy atom. The van der Waals surface area contributed by atoms with Gasteiger partial charge in [0.05, 0.1) is 5.41 Å². The van der Waals surface area contributed by atoms with E-state index in [0.29, 0.717) is 36.2 Å². The summed E-state index contributed by atoms with van der Waals surface area (Å²) in [5.41, 5.74) is 0.731. The normalized spacial score (nSPS) is 14.7. The van der Waals surface area contributed by atoms with Crippen LogP contribution in [0.1, 0.15) is 48.5 Å². The molecule has 2 aromatic carbocycles. The summed E-state index contributed by atoms with van der Waals surface area (Å²) in [7, 11) is 0. The number of esters is 1. The van der Waals surface area contributed by atoms with Crippen LogP contribution in [-0.2, 0) is 19.7 Å². The van der Waals surface area contributed by atoms with Crippen molar-refractivity contribution in [1.29, 1.82) is 0 Å². The summed E-state index contributed by atoms with van der Waals surface area (Å²) >= 11 is 0. The van der Waals surface area contributed by atoms with Crippen LogP contribution >= 0.6 is 0 Å². The zero-order valence-corrected chi connectivity index (χ0v) is 16.9. The van der Waals surface area contributed by atoms with E-state index in [-0.39, 0.29) is 11.7 Å². The van der Waals surface area contributed by atoms with Crippen LogP contribution in [0.5, 0.6) is 0 Å². The van der Waals surface area contributed by atoms with E-state index in [1.54, 1.807) is 36.4 Å². The lowest BCUT2D eigenvalue weighted by Crippen LogP contribution is -2.36. The zero-order valence-electron chi connectivity index (χ0n) is 16.9.